The van der Waals surface area contributed by atoms with Crippen molar-refractivity contribution in [2.45, 2.75) is 6.54 Å². The highest BCUT2D eigenvalue weighted by atomic mass is 19.1. The van der Waals surface area contributed by atoms with Crippen LogP contribution in [0.25, 0.3) is 28.1 Å². The van der Waals surface area contributed by atoms with Gasteiger partial charge in [0.25, 0.3) is 5.56 Å². The van der Waals surface area contributed by atoms with Crippen molar-refractivity contribution < 1.29 is 4.39 Å². The Balaban J connectivity index is 1.81. The van der Waals surface area contributed by atoms with E-state index in [2.05, 4.69) is 0 Å². The van der Waals surface area contributed by atoms with Crippen molar-refractivity contribution in [1.29, 1.82) is 0 Å². The monoisotopic (exact) mass is 369 g/mol. The van der Waals surface area contributed by atoms with E-state index < -0.39 is 0 Å². The number of halogens is 1. The predicted molar refractivity (Wildman–Crippen MR) is 108 cm³/mol. The standard InChI is InChI=1S/C23H16FN3O/c24-18-10-6-7-16(13-18)15-26-20-11-4-5-12-21(20)27-22(28)14-19(25-23(26)27)17-8-2-1-3-9-17/h1-14H,15H2. The molecule has 0 unspecified atom stereocenters. The predicted octanol–water partition coefficient (Wildman–Crippen LogP) is 4.50. The van der Waals surface area contributed by atoms with Gasteiger partial charge in [0.2, 0.25) is 5.78 Å². The highest BCUT2D eigenvalue weighted by Gasteiger charge is 2.15. The molecule has 0 aliphatic rings. The number of rotatable bonds is 3. The zero-order valence-electron chi connectivity index (χ0n) is 14.9. The van der Waals surface area contributed by atoms with Gasteiger partial charge >= 0.3 is 0 Å². The number of hydrogen-bond acceptors (Lipinski definition) is 2. The summed E-state index contributed by atoms with van der Waals surface area (Å²) in [6, 6.07) is 25.3. The van der Waals surface area contributed by atoms with Gasteiger partial charge < -0.3 is 4.57 Å². The van der Waals surface area contributed by atoms with Gasteiger partial charge in [-0.2, -0.15) is 0 Å². The normalized spacial score (nSPS) is 11.3. The lowest BCUT2D eigenvalue weighted by molar-refractivity contribution is 0.624. The molecule has 136 valence electrons. The van der Waals surface area contributed by atoms with Crippen LogP contribution in [-0.2, 0) is 6.54 Å². The fourth-order valence-corrected chi connectivity index (χ4v) is 3.60. The van der Waals surface area contributed by atoms with E-state index in [9.17, 15) is 9.18 Å². The molecule has 0 spiro atoms. The van der Waals surface area contributed by atoms with Crippen LogP contribution in [0, 0.1) is 5.82 Å². The number of hydrogen-bond donors (Lipinski definition) is 0. The lowest BCUT2D eigenvalue weighted by atomic mass is 10.1. The van der Waals surface area contributed by atoms with Crippen LogP contribution in [0.5, 0.6) is 0 Å². The van der Waals surface area contributed by atoms with Crippen molar-refractivity contribution in [3.63, 3.8) is 0 Å². The molecule has 28 heavy (non-hydrogen) atoms. The second-order valence-electron chi connectivity index (χ2n) is 6.69. The van der Waals surface area contributed by atoms with Crippen LogP contribution in [0.2, 0.25) is 0 Å². The second kappa shape index (κ2) is 6.46. The van der Waals surface area contributed by atoms with Crippen LogP contribution in [-0.4, -0.2) is 14.0 Å². The third kappa shape index (κ3) is 2.68. The maximum atomic E-state index is 13.7. The van der Waals surface area contributed by atoms with E-state index in [4.69, 9.17) is 4.98 Å². The molecule has 5 rings (SSSR count). The zero-order chi connectivity index (χ0) is 19.1. The van der Waals surface area contributed by atoms with Crippen LogP contribution in [0.3, 0.4) is 0 Å². The Hall–Kier alpha value is -3.73. The van der Waals surface area contributed by atoms with Gasteiger partial charge in [0.15, 0.2) is 0 Å². The molecule has 0 radical (unpaired) electrons. The molecule has 3 aromatic carbocycles. The van der Waals surface area contributed by atoms with Gasteiger partial charge in [0.05, 0.1) is 23.3 Å². The Morgan fingerprint density at radius 3 is 2.36 bits per heavy atom. The molecule has 0 saturated heterocycles. The van der Waals surface area contributed by atoms with E-state index in [1.165, 1.54) is 12.1 Å². The summed E-state index contributed by atoms with van der Waals surface area (Å²) < 4.78 is 17.3. The van der Waals surface area contributed by atoms with Crippen molar-refractivity contribution in [2.24, 2.45) is 0 Å². The number of aromatic nitrogens is 3. The third-order valence-corrected chi connectivity index (χ3v) is 4.86. The van der Waals surface area contributed by atoms with Crippen molar-refractivity contribution in [1.82, 2.24) is 14.0 Å². The molecular weight excluding hydrogens is 353 g/mol. The minimum atomic E-state index is -0.284. The van der Waals surface area contributed by atoms with Gasteiger partial charge in [-0.05, 0) is 29.8 Å². The topological polar surface area (TPSA) is 39.3 Å². The summed E-state index contributed by atoms with van der Waals surface area (Å²) >= 11 is 0. The highest BCUT2D eigenvalue weighted by Crippen LogP contribution is 2.23. The van der Waals surface area contributed by atoms with Crippen LogP contribution < -0.4 is 5.56 Å². The first-order chi connectivity index (χ1) is 13.7. The number of fused-ring (bicyclic) bond motifs is 3. The molecule has 0 aliphatic carbocycles. The summed E-state index contributed by atoms with van der Waals surface area (Å²) in [5.41, 5.74) is 3.83. The molecule has 4 nitrogen and oxygen atoms in total. The maximum Gasteiger partial charge on any atom is 0.260 e. The van der Waals surface area contributed by atoms with Gasteiger partial charge in [-0.25, -0.2) is 13.8 Å². The van der Waals surface area contributed by atoms with Crippen molar-refractivity contribution in [2.75, 3.05) is 0 Å². The van der Waals surface area contributed by atoms with Crippen LogP contribution >= 0.6 is 0 Å². The molecule has 2 heterocycles. The Morgan fingerprint density at radius 1 is 0.821 bits per heavy atom. The Labute approximate surface area is 160 Å². The molecule has 5 aromatic rings. The zero-order valence-corrected chi connectivity index (χ0v) is 14.9. The second-order valence-corrected chi connectivity index (χ2v) is 6.69. The number of benzene rings is 3. The summed E-state index contributed by atoms with van der Waals surface area (Å²) in [6.45, 7) is 0.416. The molecule has 2 aromatic heterocycles. The van der Waals surface area contributed by atoms with Crippen molar-refractivity contribution >= 4 is 16.8 Å². The van der Waals surface area contributed by atoms with Crippen molar-refractivity contribution in [3.05, 3.63) is 107 Å². The minimum Gasteiger partial charge on any atom is -0.305 e. The molecule has 0 aliphatic heterocycles. The lowest BCUT2D eigenvalue weighted by Crippen LogP contribution is -2.14. The molecular formula is C23H16FN3O. The Kier molecular flexibility index (Phi) is 3.79. The maximum absolute atomic E-state index is 13.7. The number of imidazole rings is 1. The summed E-state index contributed by atoms with van der Waals surface area (Å²) in [5.74, 6) is 0.255. The number of para-hydroxylation sites is 2. The average molecular weight is 369 g/mol. The smallest absolute Gasteiger partial charge is 0.260 e. The highest BCUT2D eigenvalue weighted by molar-refractivity contribution is 5.81. The largest absolute Gasteiger partial charge is 0.305 e. The minimum absolute atomic E-state index is 0.141. The van der Waals surface area contributed by atoms with Crippen molar-refractivity contribution in [3.8, 4) is 11.3 Å². The molecule has 0 atom stereocenters. The SMILES string of the molecule is O=c1cc(-c2ccccc2)nc2n(Cc3cccc(F)c3)c3ccccc3n12. The fraction of sp³-hybridized carbons (Fsp3) is 0.0435. The van der Waals surface area contributed by atoms with Crippen LogP contribution in [0.1, 0.15) is 5.56 Å². The molecule has 0 N–H and O–H groups in total. The first-order valence-corrected chi connectivity index (χ1v) is 9.01. The number of nitrogens with zero attached hydrogens (tertiary/aromatic N) is 3. The van der Waals surface area contributed by atoms with Gasteiger partial charge in [-0.1, -0.05) is 54.6 Å². The van der Waals surface area contributed by atoms with Crippen LogP contribution in [0.4, 0.5) is 4.39 Å². The van der Waals surface area contributed by atoms with E-state index in [1.807, 2.05) is 65.2 Å². The molecule has 0 fully saturated rings. The molecule has 0 bridgehead atoms. The van der Waals surface area contributed by atoms with E-state index in [1.54, 1.807) is 16.5 Å². The fourth-order valence-electron chi connectivity index (χ4n) is 3.60. The lowest BCUT2D eigenvalue weighted by Gasteiger charge is -2.07. The third-order valence-electron chi connectivity index (χ3n) is 4.86. The first kappa shape index (κ1) is 16.4. The Bertz CT molecular complexity index is 1370. The van der Waals surface area contributed by atoms with E-state index >= 15 is 0 Å². The summed E-state index contributed by atoms with van der Waals surface area (Å²) in [7, 11) is 0. The van der Waals surface area contributed by atoms with Crippen LogP contribution in [0.15, 0.2) is 89.7 Å². The van der Waals surface area contributed by atoms with E-state index in [-0.39, 0.29) is 11.4 Å². The quantitative estimate of drug-likeness (QED) is 0.470. The molecule has 0 amide bonds. The Morgan fingerprint density at radius 2 is 1.57 bits per heavy atom. The average Bonchev–Trinajstić information content (AvgIpc) is 3.03. The summed E-state index contributed by atoms with van der Waals surface area (Å²) in [6.07, 6.45) is 0. The molecule has 0 saturated carbocycles. The summed E-state index contributed by atoms with van der Waals surface area (Å²) in [5, 5.41) is 0. The van der Waals surface area contributed by atoms with Gasteiger partial charge in [-0.15, -0.1) is 0 Å². The van der Waals surface area contributed by atoms with Gasteiger partial charge in [0.1, 0.15) is 5.82 Å². The van der Waals surface area contributed by atoms with Gasteiger partial charge in [0, 0.05) is 11.6 Å². The first-order valence-electron chi connectivity index (χ1n) is 9.01. The van der Waals surface area contributed by atoms with E-state index in [0.717, 1.165) is 22.2 Å². The van der Waals surface area contributed by atoms with Gasteiger partial charge in [-0.3, -0.25) is 4.79 Å². The molecule has 5 heteroatoms. The summed E-state index contributed by atoms with van der Waals surface area (Å²) in [4.78, 5) is 17.8. The van der Waals surface area contributed by atoms with E-state index in [0.29, 0.717) is 18.0 Å².